The van der Waals surface area contributed by atoms with Gasteiger partial charge in [-0.05, 0) is 48.5 Å². The van der Waals surface area contributed by atoms with Crippen LogP contribution in [0.25, 0.3) is 0 Å². The number of nitro benzene ring substituents is 1. The molecule has 0 aliphatic carbocycles. The smallest absolute Gasteiger partial charge is 0.291 e. The highest BCUT2D eigenvalue weighted by Crippen LogP contribution is 2.29. The summed E-state index contributed by atoms with van der Waals surface area (Å²) in [6.07, 6.45) is 1.44. The summed E-state index contributed by atoms with van der Waals surface area (Å²) >= 11 is 1.48. The number of carbonyl (C=O) groups excluding carboxylic acids is 1. The van der Waals surface area contributed by atoms with Gasteiger partial charge in [-0.2, -0.15) is 0 Å². The van der Waals surface area contributed by atoms with Crippen LogP contribution in [0.1, 0.15) is 10.6 Å². The number of amides is 1. The largest absolute Gasteiger partial charge is 0.459 e. The van der Waals surface area contributed by atoms with Crippen LogP contribution in [0, 0.1) is 10.1 Å². The first-order valence-electron chi connectivity index (χ1n) is 6.99. The maximum absolute atomic E-state index is 11.9. The highest BCUT2D eigenvalue weighted by Gasteiger charge is 2.09. The highest BCUT2D eigenvalue weighted by molar-refractivity contribution is 7.99. The predicted molar refractivity (Wildman–Crippen MR) is 90.3 cm³/mol. The fraction of sp³-hybridized carbons (Fsp3) is 0. The minimum Gasteiger partial charge on any atom is -0.459 e. The Morgan fingerprint density at radius 2 is 1.62 bits per heavy atom. The third kappa shape index (κ3) is 3.82. The van der Waals surface area contributed by atoms with Crippen LogP contribution in [0.2, 0.25) is 0 Å². The molecule has 2 aromatic carbocycles. The van der Waals surface area contributed by atoms with Crippen LogP contribution in [0.5, 0.6) is 0 Å². The van der Waals surface area contributed by atoms with Crippen LogP contribution in [0.4, 0.5) is 11.4 Å². The van der Waals surface area contributed by atoms with E-state index in [0.29, 0.717) is 5.69 Å². The Labute approximate surface area is 141 Å². The second-order valence-corrected chi connectivity index (χ2v) is 5.96. The van der Waals surface area contributed by atoms with Gasteiger partial charge in [0, 0.05) is 27.6 Å². The van der Waals surface area contributed by atoms with Gasteiger partial charge < -0.3 is 9.73 Å². The van der Waals surface area contributed by atoms with E-state index in [1.54, 1.807) is 36.4 Å². The molecule has 0 saturated carbocycles. The fourth-order valence-corrected chi connectivity index (χ4v) is 2.80. The molecule has 0 radical (unpaired) electrons. The lowest BCUT2D eigenvalue weighted by molar-refractivity contribution is -0.384. The van der Waals surface area contributed by atoms with E-state index in [2.05, 4.69) is 5.32 Å². The summed E-state index contributed by atoms with van der Waals surface area (Å²) in [5, 5.41) is 13.4. The Morgan fingerprint density at radius 1 is 1.00 bits per heavy atom. The molecule has 3 aromatic rings. The maximum atomic E-state index is 11.9. The van der Waals surface area contributed by atoms with Gasteiger partial charge in [0.05, 0.1) is 11.2 Å². The van der Waals surface area contributed by atoms with Crippen LogP contribution in [-0.4, -0.2) is 10.8 Å². The first-order valence-corrected chi connectivity index (χ1v) is 7.81. The van der Waals surface area contributed by atoms with Gasteiger partial charge in [0.15, 0.2) is 5.76 Å². The average Bonchev–Trinajstić information content (AvgIpc) is 3.12. The molecular formula is C17H12N2O4S. The average molecular weight is 340 g/mol. The number of nitro groups is 1. The second-order valence-electron chi connectivity index (χ2n) is 4.81. The number of hydrogen-bond acceptors (Lipinski definition) is 5. The van der Waals surface area contributed by atoms with E-state index in [0.717, 1.165) is 9.79 Å². The minimum atomic E-state index is -0.426. The highest BCUT2D eigenvalue weighted by atomic mass is 32.2. The van der Waals surface area contributed by atoms with Crippen LogP contribution >= 0.6 is 11.8 Å². The monoisotopic (exact) mass is 340 g/mol. The Morgan fingerprint density at radius 3 is 2.17 bits per heavy atom. The van der Waals surface area contributed by atoms with Crippen LogP contribution in [0.3, 0.4) is 0 Å². The number of furan rings is 1. The fourth-order valence-electron chi connectivity index (χ4n) is 1.98. The minimum absolute atomic E-state index is 0.0651. The van der Waals surface area contributed by atoms with Crippen molar-refractivity contribution < 1.29 is 14.1 Å². The maximum Gasteiger partial charge on any atom is 0.291 e. The van der Waals surface area contributed by atoms with Crippen molar-refractivity contribution in [2.75, 3.05) is 5.32 Å². The lowest BCUT2D eigenvalue weighted by Gasteiger charge is -2.05. The molecule has 0 unspecified atom stereocenters. The van der Waals surface area contributed by atoms with Gasteiger partial charge in [-0.15, -0.1) is 0 Å². The van der Waals surface area contributed by atoms with E-state index >= 15 is 0 Å². The molecule has 1 amide bonds. The summed E-state index contributed by atoms with van der Waals surface area (Å²) in [5.41, 5.74) is 0.722. The van der Waals surface area contributed by atoms with E-state index in [1.807, 2.05) is 12.1 Å². The van der Waals surface area contributed by atoms with Crippen molar-refractivity contribution >= 4 is 29.0 Å². The topological polar surface area (TPSA) is 85.4 Å². The number of non-ortho nitro benzene ring substituents is 1. The molecular weight excluding hydrogens is 328 g/mol. The molecule has 6 nitrogen and oxygen atoms in total. The number of rotatable bonds is 5. The molecule has 0 aliphatic heterocycles. The third-order valence-electron chi connectivity index (χ3n) is 3.14. The molecule has 7 heteroatoms. The van der Waals surface area contributed by atoms with Crippen molar-refractivity contribution in [3.8, 4) is 0 Å². The SMILES string of the molecule is O=C(Nc1ccc(Sc2ccc([N+](=O)[O-])cc2)cc1)c1ccco1. The molecule has 1 N–H and O–H groups in total. The summed E-state index contributed by atoms with van der Waals surface area (Å²) in [7, 11) is 0. The van der Waals surface area contributed by atoms with Crippen LogP contribution in [-0.2, 0) is 0 Å². The Kier molecular flexibility index (Phi) is 4.62. The third-order valence-corrected chi connectivity index (χ3v) is 4.16. The van der Waals surface area contributed by atoms with Gasteiger partial charge in [-0.1, -0.05) is 11.8 Å². The summed E-state index contributed by atoms with van der Waals surface area (Å²) in [4.78, 5) is 23.9. The van der Waals surface area contributed by atoms with Gasteiger partial charge in [-0.3, -0.25) is 14.9 Å². The van der Waals surface area contributed by atoms with Gasteiger partial charge in [-0.25, -0.2) is 0 Å². The molecule has 24 heavy (non-hydrogen) atoms. The second kappa shape index (κ2) is 7.01. The lowest BCUT2D eigenvalue weighted by atomic mass is 10.3. The van der Waals surface area contributed by atoms with E-state index in [-0.39, 0.29) is 17.4 Å². The summed E-state index contributed by atoms with van der Waals surface area (Å²) in [6.45, 7) is 0. The van der Waals surface area contributed by atoms with E-state index < -0.39 is 4.92 Å². The molecule has 0 aliphatic rings. The normalized spacial score (nSPS) is 10.3. The van der Waals surface area contributed by atoms with Gasteiger partial charge in [0.25, 0.3) is 11.6 Å². The van der Waals surface area contributed by atoms with Crippen molar-refractivity contribution in [3.05, 3.63) is 82.8 Å². The Bertz CT molecular complexity index is 843. The number of nitrogens with zero attached hydrogens (tertiary/aromatic N) is 1. The number of hydrogen-bond donors (Lipinski definition) is 1. The van der Waals surface area contributed by atoms with Crippen molar-refractivity contribution in [2.24, 2.45) is 0 Å². The van der Waals surface area contributed by atoms with Crippen molar-refractivity contribution in [1.82, 2.24) is 0 Å². The molecule has 0 bridgehead atoms. The van der Waals surface area contributed by atoms with Gasteiger partial charge >= 0.3 is 0 Å². The summed E-state index contributed by atoms with van der Waals surface area (Å²) < 4.78 is 5.03. The molecule has 120 valence electrons. The first kappa shape index (κ1) is 15.8. The summed E-state index contributed by atoms with van der Waals surface area (Å²) in [5.74, 6) is -0.0601. The first-order chi connectivity index (χ1) is 11.6. The molecule has 0 spiro atoms. The van der Waals surface area contributed by atoms with Gasteiger partial charge in [0.2, 0.25) is 0 Å². The zero-order chi connectivity index (χ0) is 16.9. The van der Waals surface area contributed by atoms with Crippen LogP contribution in [0.15, 0.2) is 81.1 Å². The predicted octanol–water partition coefficient (Wildman–Crippen LogP) is 4.59. The number of anilines is 1. The Balaban J connectivity index is 1.64. The number of nitrogens with one attached hydrogen (secondary N) is 1. The molecule has 0 fully saturated rings. The van der Waals surface area contributed by atoms with E-state index in [9.17, 15) is 14.9 Å². The standard InChI is InChI=1S/C17H12N2O4S/c20-17(16-2-1-11-23-16)18-12-3-7-14(8-4-12)24-15-9-5-13(6-10-15)19(21)22/h1-11H,(H,18,20). The molecule has 1 aromatic heterocycles. The molecule has 0 atom stereocenters. The molecule has 3 rings (SSSR count). The number of carbonyl (C=O) groups is 1. The Hall–Kier alpha value is -3.06. The van der Waals surface area contributed by atoms with E-state index in [1.165, 1.54) is 30.2 Å². The van der Waals surface area contributed by atoms with Crippen molar-refractivity contribution in [2.45, 2.75) is 9.79 Å². The van der Waals surface area contributed by atoms with Crippen molar-refractivity contribution in [1.29, 1.82) is 0 Å². The summed E-state index contributed by atoms with van der Waals surface area (Å²) in [6, 6.07) is 16.9. The zero-order valence-corrected chi connectivity index (χ0v) is 13.2. The van der Waals surface area contributed by atoms with Crippen molar-refractivity contribution in [3.63, 3.8) is 0 Å². The van der Waals surface area contributed by atoms with Gasteiger partial charge in [0.1, 0.15) is 0 Å². The number of benzene rings is 2. The zero-order valence-electron chi connectivity index (χ0n) is 12.3. The lowest BCUT2D eigenvalue weighted by Crippen LogP contribution is -2.10. The molecule has 1 heterocycles. The van der Waals surface area contributed by atoms with Crippen LogP contribution < -0.4 is 5.32 Å². The molecule has 0 saturated heterocycles. The quantitative estimate of drug-likeness (QED) is 0.542. The van der Waals surface area contributed by atoms with E-state index in [4.69, 9.17) is 4.42 Å².